The molecule has 1 aliphatic rings. The molecular formula is C17H15Cl2F3N2O3S. The third-order valence-electron chi connectivity index (χ3n) is 4.65. The Balaban J connectivity index is 1.81. The van der Waals surface area contributed by atoms with Crippen molar-refractivity contribution in [3.8, 4) is 0 Å². The van der Waals surface area contributed by atoms with Gasteiger partial charge in [-0.25, -0.2) is 13.4 Å². The van der Waals surface area contributed by atoms with Crippen molar-refractivity contribution in [3.63, 3.8) is 0 Å². The molecule has 11 heteroatoms. The molecule has 0 atom stereocenters. The number of nitrogens with zero attached hydrogens (tertiary/aromatic N) is 2. The van der Waals surface area contributed by atoms with Crippen LogP contribution in [0.3, 0.4) is 0 Å². The van der Waals surface area contributed by atoms with E-state index in [4.69, 9.17) is 23.2 Å². The van der Waals surface area contributed by atoms with Crippen LogP contribution in [0.5, 0.6) is 0 Å². The van der Waals surface area contributed by atoms with E-state index in [9.17, 15) is 26.7 Å². The van der Waals surface area contributed by atoms with Crippen molar-refractivity contribution >= 4 is 33.2 Å². The van der Waals surface area contributed by atoms with E-state index in [0.29, 0.717) is 22.8 Å². The molecular weight excluding hydrogens is 440 g/mol. The first kappa shape index (κ1) is 21.3. The highest BCUT2D eigenvalue weighted by molar-refractivity contribution is 7.89. The van der Waals surface area contributed by atoms with E-state index in [1.54, 1.807) is 24.3 Å². The van der Waals surface area contributed by atoms with Gasteiger partial charge in [-0.3, -0.25) is 0 Å². The minimum absolute atomic E-state index is 0.0412. The number of sulfonamides is 1. The quantitative estimate of drug-likeness (QED) is 0.758. The molecule has 0 aliphatic carbocycles. The summed E-state index contributed by atoms with van der Waals surface area (Å²) in [7, 11) is -4.20. The van der Waals surface area contributed by atoms with Crippen LogP contribution in [0, 0.1) is 0 Å². The van der Waals surface area contributed by atoms with Crippen LogP contribution in [-0.4, -0.2) is 35.9 Å². The standard InChI is InChI=1S/C17H15Cl2F3N2O3S/c18-13-3-1-11(2-4-13)16(25)5-7-24(8-6-16)28(26,27)15-14(19)9-12(10-23-15)17(20,21)22/h1-4,9-10,25H,5-8H2. The monoisotopic (exact) mass is 454 g/mol. The molecule has 2 heterocycles. The van der Waals surface area contributed by atoms with Gasteiger partial charge in [-0.2, -0.15) is 17.5 Å². The minimum Gasteiger partial charge on any atom is -0.385 e. The number of benzene rings is 1. The summed E-state index contributed by atoms with van der Waals surface area (Å²) in [6.07, 6.45) is -4.04. The van der Waals surface area contributed by atoms with Crippen LogP contribution >= 0.6 is 23.2 Å². The van der Waals surface area contributed by atoms with Gasteiger partial charge in [-0.05, 0) is 36.6 Å². The van der Waals surface area contributed by atoms with Crippen molar-refractivity contribution in [3.05, 3.63) is 57.7 Å². The first-order valence-electron chi connectivity index (χ1n) is 8.15. The predicted octanol–water partition coefficient (Wildman–Crippen LogP) is 4.08. The Morgan fingerprint density at radius 2 is 1.68 bits per heavy atom. The summed E-state index contributed by atoms with van der Waals surface area (Å²) < 4.78 is 64.8. The number of hydrogen-bond donors (Lipinski definition) is 1. The molecule has 1 aromatic carbocycles. The molecule has 5 nitrogen and oxygen atoms in total. The van der Waals surface area contributed by atoms with Crippen LogP contribution in [0.4, 0.5) is 13.2 Å². The fourth-order valence-electron chi connectivity index (χ4n) is 3.04. The maximum absolute atomic E-state index is 12.8. The van der Waals surface area contributed by atoms with Crippen LogP contribution in [0.2, 0.25) is 10.0 Å². The fourth-order valence-corrected chi connectivity index (χ4v) is 5.02. The van der Waals surface area contributed by atoms with Crippen molar-refractivity contribution in [2.24, 2.45) is 0 Å². The zero-order chi connectivity index (χ0) is 20.7. The second-order valence-electron chi connectivity index (χ2n) is 6.45. The van der Waals surface area contributed by atoms with Crippen molar-refractivity contribution in [2.75, 3.05) is 13.1 Å². The lowest BCUT2D eigenvalue weighted by Crippen LogP contribution is -2.45. The van der Waals surface area contributed by atoms with Gasteiger partial charge in [0.1, 0.15) is 0 Å². The van der Waals surface area contributed by atoms with Gasteiger partial charge in [0.05, 0.1) is 16.2 Å². The topological polar surface area (TPSA) is 70.5 Å². The van der Waals surface area contributed by atoms with Gasteiger partial charge in [0, 0.05) is 24.3 Å². The molecule has 28 heavy (non-hydrogen) atoms. The molecule has 0 spiro atoms. The summed E-state index contributed by atoms with van der Waals surface area (Å²) >= 11 is 11.6. The lowest BCUT2D eigenvalue weighted by Gasteiger charge is -2.37. The van der Waals surface area contributed by atoms with Crippen LogP contribution in [-0.2, 0) is 21.8 Å². The number of hydrogen-bond acceptors (Lipinski definition) is 4. The lowest BCUT2D eigenvalue weighted by molar-refractivity contribution is -0.137. The van der Waals surface area contributed by atoms with Gasteiger partial charge in [0.25, 0.3) is 10.0 Å². The van der Waals surface area contributed by atoms with Crippen LogP contribution in [0.1, 0.15) is 24.0 Å². The third kappa shape index (κ3) is 4.13. The summed E-state index contributed by atoms with van der Waals surface area (Å²) in [4.78, 5) is 3.44. The van der Waals surface area contributed by atoms with E-state index in [2.05, 4.69) is 4.98 Å². The minimum atomic E-state index is -4.68. The second-order valence-corrected chi connectivity index (χ2v) is 9.15. The van der Waals surface area contributed by atoms with Crippen LogP contribution in [0.25, 0.3) is 0 Å². The van der Waals surface area contributed by atoms with Gasteiger partial charge in [0.15, 0.2) is 5.03 Å². The number of pyridine rings is 1. The van der Waals surface area contributed by atoms with E-state index in [-0.39, 0.29) is 25.9 Å². The van der Waals surface area contributed by atoms with Gasteiger partial charge in [0.2, 0.25) is 0 Å². The van der Waals surface area contributed by atoms with Crippen molar-refractivity contribution < 1.29 is 26.7 Å². The molecule has 1 fully saturated rings. The number of aromatic nitrogens is 1. The normalized spacial score (nSPS) is 18.2. The zero-order valence-electron chi connectivity index (χ0n) is 14.2. The first-order chi connectivity index (χ1) is 12.9. The highest BCUT2D eigenvalue weighted by atomic mass is 35.5. The Morgan fingerprint density at radius 3 is 2.18 bits per heavy atom. The summed E-state index contributed by atoms with van der Waals surface area (Å²) in [6, 6.07) is 7.13. The van der Waals surface area contributed by atoms with Gasteiger partial charge < -0.3 is 5.11 Å². The second kappa shape index (κ2) is 7.46. The molecule has 1 saturated heterocycles. The molecule has 0 bridgehead atoms. The molecule has 1 N–H and O–H groups in total. The largest absolute Gasteiger partial charge is 0.417 e. The molecule has 3 rings (SSSR count). The van der Waals surface area contributed by atoms with Crippen LogP contribution < -0.4 is 0 Å². The highest BCUT2D eigenvalue weighted by Crippen LogP contribution is 2.37. The Kier molecular flexibility index (Phi) is 5.68. The van der Waals surface area contributed by atoms with E-state index in [1.165, 1.54) is 0 Å². The molecule has 1 aromatic heterocycles. The van der Waals surface area contributed by atoms with E-state index in [1.807, 2.05) is 0 Å². The Morgan fingerprint density at radius 1 is 1.11 bits per heavy atom. The summed E-state index contributed by atoms with van der Waals surface area (Å²) in [5.74, 6) is 0. The molecule has 0 saturated carbocycles. The summed E-state index contributed by atoms with van der Waals surface area (Å²) in [5, 5.41) is 10.1. The summed E-state index contributed by atoms with van der Waals surface area (Å²) in [6.45, 7) is -0.0824. The summed E-state index contributed by atoms with van der Waals surface area (Å²) in [5.41, 5.74) is -1.75. The molecule has 1 aliphatic heterocycles. The average Bonchev–Trinajstić information content (AvgIpc) is 2.61. The molecule has 2 aromatic rings. The molecule has 152 valence electrons. The Labute approximate surface area is 169 Å². The van der Waals surface area contributed by atoms with Crippen molar-refractivity contribution in [2.45, 2.75) is 29.6 Å². The van der Waals surface area contributed by atoms with E-state index < -0.39 is 37.4 Å². The lowest BCUT2D eigenvalue weighted by atomic mass is 9.85. The highest BCUT2D eigenvalue weighted by Gasteiger charge is 2.40. The number of rotatable bonds is 3. The van der Waals surface area contributed by atoms with Gasteiger partial charge in [-0.1, -0.05) is 35.3 Å². The molecule has 0 unspecified atom stereocenters. The first-order valence-corrected chi connectivity index (χ1v) is 10.3. The smallest absolute Gasteiger partial charge is 0.385 e. The zero-order valence-corrected chi connectivity index (χ0v) is 16.6. The number of halogens is 5. The molecule has 0 amide bonds. The van der Waals surface area contributed by atoms with Crippen molar-refractivity contribution in [1.29, 1.82) is 0 Å². The van der Waals surface area contributed by atoms with Gasteiger partial charge >= 0.3 is 6.18 Å². The van der Waals surface area contributed by atoms with E-state index >= 15 is 0 Å². The maximum Gasteiger partial charge on any atom is 0.417 e. The van der Waals surface area contributed by atoms with E-state index in [0.717, 1.165) is 4.31 Å². The molecule has 0 radical (unpaired) electrons. The number of aliphatic hydroxyl groups is 1. The number of alkyl halides is 3. The van der Waals surface area contributed by atoms with Gasteiger partial charge in [-0.15, -0.1) is 0 Å². The Hall–Kier alpha value is -1.39. The Bertz CT molecular complexity index is 974. The third-order valence-corrected chi connectivity index (χ3v) is 7.16. The number of piperidine rings is 1. The van der Waals surface area contributed by atoms with Crippen LogP contribution in [0.15, 0.2) is 41.6 Å². The fraction of sp³-hybridized carbons (Fsp3) is 0.353. The van der Waals surface area contributed by atoms with Crippen molar-refractivity contribution in [1.82, 2.24) is 9.29 Å². The maximum atomic E-state index is 12.8. The predicted molar refractivity (Wildman–Crippen MR) is 97.6 cm³/mol. The SMILES string of the molecule is O=S(=O)(c1ncc(C(F)(F)F)cc1Cl)N1CCC(O)(c2ccc(Cl)cc2)CC1. The average molecular weight is 455 g/mol.